The Morgan fingerprint density at radius 2 is 1.93 bits per heavy atom. The number of esters is 1. The van der Waals surface area contributed by atoms with Gasteiger partial charge < -0.3 is 23.7 Å². The van der Waals surface area contributed by atoms with Crippen LogP contribution in [0.2, 0.25) is 0 Å². The summed E-state index contributed by atoms with van der Waals surface area (Å²) in [6.07, 6.45) is 2.11. The molecule has 4 aromatic rings. The Bertz CT molecular complexity index is 1730. The molecule has 0 bridgehead atoms. The highest BCUT2D eigenvalue weighted by atomic mass is 19.1. The largest absolute Gasteiger partial charge is 0.470 e. The van der Waals surface area contributed by atoms with E-state index in [0.29, 0.717) is 44.2 Å². The normalized spacial score (nSPS) is 17.6. The second kappa shape index (κ2) is 12.5. The average molecular weight is 604 g/mol. The summed E-state index contributed by atoms with van der Waals surface area (Å²) in [4.78, 5) is 29.9. The molecule has 2 aliphatic rings. The summed E-state index contributed by atoms with van der Waals surface area (Å²) in [5.41, 5.74) is 2.49. The van der Waals surface area contributed by atoms with Gasteiger partial charge in [-0.05, 0) is 43.7 Å². The topological polar surface area (TPSA) is 119 Å². The van der Waals surface area contributed by atoms with Gasteiger partial charge in [0.1, 0.15) is 18.2 Å². The number of nitrogens with zero attached hydrogens (tertiary/aromatic N) is 7. The monoisotopic (exact) mass is 603 g/mol. The first-order valence-electron chi connectivity index (χ1n) is 14.4. The summed E-state index contributed by atoms with van der Waals surface area (Å²) >= 11 is 0. The molecule has 4 heterocycles. The van der Waals surface area contributed by atoms with Gasteiger partial charge >= 0.3 is 5.97 Å². The van der Waals surface area contributed by atoms with Crippen LogP contribution in [-0.4, -0.2) is 76.4 Å². The van der Waals surface area contributed by atoms with Gasteiger partial charge in [-0.2, -0.15) is 14.6 Å². The number of benzene rings is 2. The number of hydrogen-bond acceptors (Lipinski definition) is 10. The number of rotatable bonds is 9. The zero-order valence-electron chi connectivity index (χ0n) is 24.4. The van der Waals surface area contributed by atoms with Crippen molar-refractivity contribution in [3.05, 3.63) is 76.7 Å². The zero-order valence-corrected chi connectivity index (χ0v) is 24.4. The molecule has 44 heavy (non-hydrogen) atoms. The number of halogens is 2. The fraction of sp³-hybridized carbons (Fsp3) is 0.387. The van der Waals surface area contributed by atoms with Crippen molar-refractivity contribution in [2.75, 3.05) is 44.8 Å². The molecule has 0 saturated carbocycles. The lowest BCUT2D eigenvalue weighted by Gasteiger charge is -2.38. The number of imidazole rings is 1. The maximum atomic E-state index is 14.5. The van der Waals surface area contributed by atoms with E-state index in [4.69, 9.17) is 24.5 Å². The van der Waals surface area contributed by atoms with E-state index in [9.17, 15) is 13.6 Å². The Hall–Kier alpha value is -4.67. The Labute approximate surface area is 252 Å². The molecule has 2 aromatic carbocycles. The molecule has 0 unspecified atom stereocenters. The highest BCUT2D eigenvalue weighted by molar-refractivity contribution is 5.93. The Morgan fingerprint density at radius 3 is 2.61 bits per heavy atom. The van der Waals surface area contributed by atoms with Gasteiger partial charge in [0.25, 0.3) is 5.88 Å². The number of carbonyl (C=O) groups is 1. The SMILES string of the molecule is COC(=O)c1ccc2nc([C@H](C)N3CCN(c4ncc(F)c(OCc5ccc(C#N)cc5F)n4)CC3)n(C[C@@H]3CCO3)c2c1. The van der Waals surface area contributed by atoms with Crippen LogP contribution in [0.1, 0.15) is 46.7 Å². The molecule has 228 valence electrons. The molecule has 2 saturated heterocycles. The van der Waals surface area contributed by atoms with Gasteiger partial charge in [-0.3, -0.25) is 4.90 Å². The summed E-state index contributed by atoms with van der Waals surface area (Å²) < 4.78 is 47.1. The van der Waals surface area contributed by atoms with Gasteiger partial charge in [0.2, 0.25) is 11.8 Å². The van der Waals surface area contributed by atoms with Crippen molar-refractivity contribution < 1.29 is 27.8 Å². The number of methoxy groups -OCH3 is 1. The molecule has 2 atom stereocenters. The number of ether oxygens (including phenoxy) is 3. The Balaban J connectivity index is 1.15. The van der Waals surface area contributed by atoms with Crippen LogP contribution >= 0.6 is 0 Å². The third-order valence-electron chi connectivity index (χ3n) is 8.14. The second-order valence-corrected chi connectivity index (χ2v) is 10.8. The molecule has 2 aliphatic heterocycles. The first kappa shape index (κ1) is 29.4. The van der Waals surface area contributed by atoms with Gasteiger partial charge in [0.15, 0.2) is 0 Å². The van der Waals surface area contributed by atoms with Crippen LogP contribution in [0.15, 0.2) is 42.6 Å². The number of aromatic nitrogens is 4. The van der Waals surface area contributed by atoms with Crippen LogP contribution in [0.25, 0.3) is 11.0 Å². The molecule has 0 amide bonds. The van der Waals surface area contributed by atoms with Crippen molar-refractivity contribution in [1.82, 2.24) is 24.4 Å². The van der Waals surface area contributed by atoms with E-state index < -0.39 is 17.6 Å². The van der Waals surface area contributed by atoms with E-state index in [-0.39, 0.29) is 35.8 Å². The fourth-order valence-corrected chi connectivity index (χ4v) is 5.48. The average Bonchev–Trinajstić information content (AvgIpc) is 3.39. The number of piperazine rings is 1. The number of hydrogen-bond donors (Lipinski definition) is 0. The van der Waals surface area contributed by atoms with E-state index >= 15 is 0 Å². The predicted octanol–water partition coefficient (Wildman–Crippen LogP) is 4.01. The van der Waals surface area contributed by atoms with Crippen molar-refractivity contribution in [2.24, 2.45) is 0 Å². The lowest BCUT2D eigenvalue weighted by atomic mass is 10.1. The smallest absolute Gasteiger partial charge is 0.337 e. The minimum absolute atomic E-state index is 0.0402. The number of fused-ring (bicyclic) bond motifs is 1. The summed E-state index contributed by atoms with van der Waals surface area (Å²) in [7, 11) is 1.36. The van der Waals surface area contributed by atoms with E-state index in [1.54, 1.807) is 6.07 Å². The van der Waals surface area contributed by atoms with Crippen LogP contribution in [-0.2, 0) is 22.6 Å². The van der Waals surface area contributed by atoms with Crippen LogP contribution in [0.5, 0.6) is 5.88 Å². The minimum Gasteiger partial charge on any atom is -0.470 e. The maximum Gasteiger partial charge on any atom is 0.337 e. The second-order valence-electron chi connectivity index (χ2n) is 10.8. The highest BCUT2D eigenvalue weighted by Crippen LogP contribution is 2.29. The zero-order chi connectivity index (χ0) is 30.8. The molecule has 0 N–H and O–H groups in total. The molecule has 6 rings (SSSR count). The minimum atomic E-state index is -0.750. The lowest BCUT2D eigenvalue weighted by Crippen LogP contribution is -2.48. The van der Waals surface area contributed by atoms with Crippen molar-refractivity contribution in [3.8, 4) is 11.9 Å². The number of anilines is 1. The molecule has 2 aromatic heterocycles. The summed E-state index contributed by atoms with van der Waals surface area (Å²) in [6.45, 7) is 5.75. The predicted molar refractivity (Wildman–Crippen MR) is 155 cm³/mol. The summed E-state index contributed by atoms with van der Waals surface area (Å²) in [5, 5.41) is 8.93. The first-order chi connectivity index (χ1) is 21.3. The van der Waals surface area contributed by atoms with E-state index in [1.807, 2.05) is 23.1 Å². The van der Waals surface area contributed by atoms with Crippen LogP contribution in [0.3, 0.4) is 0 Å². The van der Waals surface area contributed by atoms with Gasteiger partial charge in [-0.25, -0.2) is 19.2 Å². The van der Waals surface area contributed by atoms with Gasteiger partial charge in [0, 0.05) is 38.3 Å². The summed E-state index contributed by atoms with van der Waals surface area (Å²) in [6, 6.07) is 11.2. The van der Waals surface area contributed by atoms with E-state index in [2.05, 4.69) is 26.4 Å². The number of nitriles is 1. The van der Waals surface area contributed by atoms with Crippen molar-refractivity contribution in [3.63, 3.8) is 0 Å². The summed E-state index contributed by atoms with van der Waals surface area (Å²) in [5.74, 6) is -0.828. The van der Waals surface area contributed by atoms with Crippen LogP contribution < -0.4 is 9.64 Å². The Morgan fingerprint density at radius 1 is 1.14 bits per heavy atom. The third-order valence-corrected chi connectivity index (χ3v) is 8.14. The molecule has 2 fully saturated rings. The molecule has 13 heteroatoms. The van der Waals surface area contributed by atoms with Crippen LogP contribution in [0, 0.1) is 23.0 Å². The standard InChI is InChI=1S/C31H31F2N7O4/c1-19(28-36-26-6-5-21(30(41)42-2)14-27(26)40(28)17-23-7-12-43-23)38-8-10-39(11-9-38)31-35-16-25(33)29(37-31)44-18-22-4-3-20(15-34)13-24(22)32/h3-6,13-14,16,19,23H,7-12,17-18H2,1-2H3/t19-,23-/m0/s1. The first-order valence-corrected chi connectivity index (χ1v) is 14.4. The van der Waals surface area contributed by atoms with Crippen LogP contribution in [0.4, 0.5) is 14.7 Å². The highest BCUT2D eigenvalue weighted by Gasteiger charge is 2.30. The van der Waals surface area contributed by atoms with Gasteiger partial charge in [-0.15, -0.1) is 0 Å². The quantitative estimate of drug-likeness (QED) is 0.260. The third kappa shape index (κ3) is 5.91. The van der Waals surface area contributed by atoms with Gasteiger partial charge in [0.05, 0.1) is 60.2 Å². The molecule has 0 spiro atoms. The van der Waals surface area contributed by atoms with E-state index in [0.717, 1.165) is 42.1 Å². The number of carbonyl (C=O) groups excluding carboxylic acids is 1. The van der Waals surface area contributed by atoms with Crippen molar-refractivity contribution in [1.29, 1.82) is 5.26 Å². The molecule has 0 radical (unpaired) electrons. The molecule has 0 aliphatic carbocycles. The fourth-order valence-electron chi connectivity index (χ4n) is 5.48. The van der Waals surface area contributed by atoms with Crippen molar-refractivity contribution in [2.45, 2.75) is 38.6 Å². The van der Waals surface area contributed by atoms with E-state index in [1.165, 1.54) is 19.2 Å². The van der Waals surface area contributed by atoms with Crippen molar-refractivity contribution >= 4 is 23.0 Å². The molecule has 11 nitrogen and oxygen atoms in total. The van der Waals surface area contributed by atoms with Gasteiger partial charge in [-0.1, -0.05) is 6.07 Å². The maximum absolute atomic E-state index is 14.5. The Kier molecular flexibility index (Phi) is 8.36. The molecular weight excluding hydrogens is 572 g/mol. The lowest BCUT2D eigenvalue weighted by molar-refractivity contribution is -0.0594. The molecular formula is C31H31F2N7O4.